The van der Waals surface area contributed by atoms with Crippen molar-refractivity contribution in [3.63, 3.8) is 0 Å². The standard InChI is InChI=1S/C10H12N2O6S/c1-17-6-7(13)12-5(9(14)15)4(2-18-10(11)16)3-19-8(6)12/h6,8H,2-3H2,1H3,(H2,11,16)(H,14,15)/t6?,8-/m1/s1. The number of nitrogens with two attached hydrogens (primary N) is 1. The van der Waals surface area contributed by atoms with Crippen LogP contribution in [0.5, 0.6) is 0 Å². The molecule has 0 bridgehead atoms. The summed E-state index contributed by atoms with van der Waals surface area (Å²) in [5.74, 6) is -1.31. The maximum absolute atomic E-state index is 11.8. The van der Waals surface area contributed by atoms with Gasteiger partial charge in [0, 0.05) is 18.4 Å². The molecule has 0 aromatic rings. The van der Waals surface area contributed by atoms with Crippen molar-refractivity contribution in [2.24, 2.45) is 5.73 Å². The zero-order valence-electron chi connectivity index (χ0n) is 9.99. The van der Waals surface area contributed by atoms with Gasteiger partial charge in [0.15, 0.2) is 6.10 Å². The molecule has 1 saturated heterocycles. The number of rotatable bonds is 4. The predicted molar refractivity (Wildman–Crippen MR) is 64.1 cm³/mol. The van der Waals surface area contributed by atoms with E-state index in [9.17, 15) is 19.5 Å². The van der Waals surface area contributed by atoms with Crippen LogP contribution in [0.2, 0.25) is 0 Å². The predicted octanol–water partition coefficient (Wildman–Crippen LogP) is -0.649. The Bertz CT molecular complexity index is 477. The van der Waals surface area contributed by atoms with E-state index in [-0.39, 0.29) is 17.7 Å². The number of aliphatic carboxylic acids is 1. The Hall–Kier alpha value is -1.74. The molecule has 0 saturated carbocycles. The molecule has 0 spiro atoms. The number of β-lactam (4-membered cyclic amide) rings is 1. The van der Waals surface area contributed by atoms with Crippen molar-refractivity contribution < 1.29 is 29.0 Å². The summed E-state index contributed by atoms with van der Waals surface area (Å²) in [6.45, 7) is -0.238. The number of hydrogen-bond acceptors (Lipinski definition) is 6. The van der Waals surface area contributed by atoms with E-state index in [2.05, 4.69) is 4.74 Å². The Labute approximate surface area is 112 Å². The second kappa shape index (κ2) is 5.10. The lowest BCUT2D eigenvalue weighted by atomic mass is 10.1. The fourth-order valence-electron chi connectivity index (χ4n) is 2.00. The van der Waals surface area contributed by atoms with Crippen LogP contribution >= 0.6 is 11.8 Å². The van der Waals surface area contributed by atoms with Gasteiger partial charge in [0.1, 0.15) is 17.7 Å². The number of hydrogen-bond donors (Lipinski definition) is 2. The lowest BCUT2D eigenvalue weighted by Gasteiger charge is -2.48. The average molecular weight is 288 g/mol. The molecule has 104 valence electrons. The van der Waals surface area contributed by atoms with E-state index in [1.165, 1.54) is 18.9 Å². The minimum Gasteiger partial charge on any atom is -0.477 e. The van der Waals surface area contributed by atoms with Gasteiger partial charge in [0.05, 0.1) is 0 Å². The molecule has 0 aromatic heterocycles. The maximum Gasteiger partial charge on any atom is 0.404 e. The fourth-order valence-corrected chi connectivity index (χ4v) is 3.35. The van der Waals surface area contributed by atoms with Crippen molar-refractivity contribution in [3.8, 4) is 0 Å². The minimum atomic E-state index is -1.24. The Balaban J connectivity index is 2.25. The van der Waals surface area contributed by atoms with E-state index >= 15 is 0 Å². The maximum atomic E-state index is 11.8. The number of amides is 2. The number of ether oxygens (including phenoxy) is 2. The molecule has 0 aromatic carbocycles. The van der Waals surface area contributed by atoms with Crippen LogP contribution in [-0.4, -0.2) is 58.9 Å². The van der Waals surface area contributed by atoms with Crippen LogP contribution in [0.15, 0.2) is 11.3 Å². The third-order valence-electron chi connectivity index (χ3n) is 2.84. The molecular weight excluding hydrogens is 276 g/mol. The van der Waals surface area contributed by atoms with Crippen molar-refractivity contribution in [3.05, 3.63) is 11.3 Å². The second-order valence-electron chi connectivity index (χ2n) is 3.93. The average Bonchev–Trinajstić information content (AvgIpc) is 2.35. The highest BCUT2D eigenvalue weighted by atomic mass is 32.2. The first-order valence-electron chi connectivity index (χ1n) is 5.32. The summed E-state index contributed by atoms with van der Waals surface area (Å²) in [5.41, 5.74) is 5.03. The molecule has 2 rings (SSSR count). The van der Waals surface area contributed by atoms with Gasteiger partial charge in [-0.05, 0) is 0 Å². The minimum absolute atomic E-state index is 0.150. The highest BCUT2D eigenvalue weighted by Crippen LogP contribution is 2.41. The van der Waals surface area contributed by atoms with E-state index in [0.717, 1.165) is 4.90 Å². The van der Waals surface area contributed by atoms with Gasteiger partial charge in [-0.2, -0.15) is 0 Å². The summed E-state index contributed by atoms with van der Waals surface area (Å²) in [4.78, 5) is 34.8. The number of carbonyl (C=O) groups is 3. The Morgan fingerprint density at radius 2 is 2.26 bits per heavy atom. The lowest BCUT2D eigenvalue weighted by Crippen LogP contribution is -2.65. The number of primary amides is 1. The topological polar surface area (TPSA) is 119 Å². The van der Waals surface area contributed by atoms with Gasteiger partial charge >= 0.3 is 12.1 Å². The number of carboxylic acid groups (broad SMARTS) is 1. The molecule has 9 heteroatoms. The molecule has 1 fully saturated rings. The molecule has 2 amide bonds. The van der Waals surface area contributed by atoms with E-state index < -0.39 is 24.1 Å². The summed E-state index contributed by atoms with van der Waals surface area (Å²) < 4.78 is 9.59. The Kier molecular flexibility index (Phi) is 3.67. The van der Waals surface area contributed by atoms with E-state index in [1.54, 1.807) is 0 Å². The number of thioether (sulfide) groups is 1. The molecule has 1 unspecified atom stereocenters. The van der Waals surface area contributed by atoms with Crippen LogP contribution in [-0.2, 0) is 19.1 Å². The third-order valence-corrected chi connectivity index (χ3v) is 4.16. The summed E-state index contributed by atoms with van der Waals surface area (Å²) in [7, 11) is 1.40. The number of fused-ring (bicyclic) bond motifs is 1. The Morgan fingerprint density at radius 3 is 2.79 bits per heavy atom. The zero-order valence-corrected chi connectivity index (χ0v) is 10.8. The molecule has 3 N–H and O–H groups in total. The van der Waals surface area contributed by atoms with Crippen molar-refractivity contribution in [2.75, 3.05) is 19.5 Å². The van der Waals surface area contributed by atoms with Crippen LogP contribution in [0, 0.1) is 0 Å². The highest BCUT2D eigenvalue weighted by molar-refractivity contribution is 8.00. The summed E-state index contributed by atoms with van der Waals surface area (Å²) in [5, 5.41) is 8.85. The van der Waals surface area contributed by atoms with Gasteiger partial charge in [-0.3, -0.25) is 9.69 Å². The SMILES string of the molecule is COC1C(=O)N2C(C(=O)O)=C(COC(N)=O)CS[C@H]12. The van der Waals surface area contributed by atoms with Crippen LogP contribution < -0.4 is 5.73 Å². The van der Waals surface area contributed by atoms with E-state index in [0.29, 0.717) is 11.3 Å². The van der Waals surface area contributed by atoms with Gasteiger partial charge in [-0.15, -0.1) is 11.8 Å². The third kappa shape index (κ3) is 2.26. The van der Waals surface area contributed by atoms with Gasteiger partial charge in [0.25, 0.3) is 5.91 Å². The molecule has 8 nitrogen and oxygen atoms in total. The molecule has 0 aliphatic carbocycles. The number of carboxylic acids is 1. The quantitative estimate of drug-likeness (QED) is 0.660. The number of nitrogens with zero attached hydrogens (tertiary/aromatic N) is 1. The molecule has 0 radical (unpaired) electrons. The first kappa shape index (κ1) is 13.7. The fraction of sp³-hybridized carbons (Fsp3) is 0.500. The summed E-state index contributed by atoms with van der Waals surface area (Å²) in [6.07, 6.45) is -1.62. The summed E-state index contributed by atoms with van der Waals surface area (Å²) in [6, 6.07) is 0. The molecule has 2 heterocycles. The van der Waals surface area contributed by atoms with Crippen LogP contribution in [0.1, 0.15) is 0 Å². The van der Waals surface area contributed by atoms with Crippen molar-refractivity contribution >= 4 is 29.7 Å². The number of methoxy groups -OCH3 is 1. The Morgan fingerprint density at radius 1 is 1.58 bits per heavy atom. The van der Waals surface area contributed by atoms with Crippen LogP contribution in [0.3, 0.4) is 0 Å². The molecule has 2 aliphatic rings. The van der Waals surface area contributed by atoms with Crippen molar-refractivity contribution in [1.29, 1.82) is 0 Å². The van der Waals surface area contributed by atoms with Gasteiger partial charge in [-0.1, -0.05) is 0 Å². The van der Waals surface area contributed by atoms with Crippen molar-refractivity contribution in [1.82, 2.24) is 4.90 Å². The van der Waals surface area contributed by atoms with Crippen molar-refractivity contribution in [2.45, 2.75) is 11.5 Å². The van der Waals surface area contributed by atoms with Crippen LogP contribution in [0.25, 0.3) is 0 Å². The summed E-state index contributed by atoms with van der Waals surface area (Å²) >= 11 is 1.36. The smallest absolute Gasteiger partial charge is 0.404 e. The highest BCUT2D eigenvalue weighted by Gasteiger charge is 2.54. The second-order valence-corrected chi connectivity index (χ2v) is 5.04. The van der Waals surface area contributed by atoms with Gasteiger partial charge in [0.2, 0.25) is 0 Å². The van der Waals surface area contributed by atoms with E-state index in [4.69, 9.17) is 10.5 Å². The lowest BCUT2D eigenvalue weighted by molar-refractivity contribution is -0.162. The molecule has 2 atom stereocenters. The van der Waals surface area contributed by atoms with Gasteiger partial charge in [-0.25, -0.2) is 9.59 Å². The molecule has 2 aliphatic heterocycles. The van der Waals surface area contributed by atoms with Crippen LogP contribution in [0.4, 0.5) is 4.79 Å². The van der Waals surface area contributed by atoms with E-state index in [1.807, 2.05) is 0 Å². The normalized spacial score (nSPS) is 25.7. The number of carbonyl (C=O) groups excluding carboxylic acids is 2. The molecular formula is C10H12N2O6S. The zero-order chi connectivity index (χ0) is 14.2. The molecule has 19 heavy (non-hydrogen) atoms. The first-order chi connectivity index (χ1) is 8.97. The monoisotopic (exact) mass is 288 g/mol. The largest absolute Gasteiger partial charge is 0.477 e. The van der Waals surface area contributed by atoms with Gasteiger partial charge < -0.3 is 20.3 Å². The first-order valence-corrected chi connectivity index (χ1v) is 6.37.